The van der Waals surface area contributed by atoms with Crippen LogP contribution in [0.2, 0.25) is 0 Å². The summed E-state index contributed by atoms with van der Waals surface area (Å²) in [6, 6.07) is 13.6. The van der Waals surface area contributed by atoms with Crippen LogP contribution in [0.25, 0.3) is 10.9 Å². The van der Waals surface area contributed by atoms with Gasteiger partial charge in [0.1, 0.15) is 5.75 Å². The summed E-state index contributed by atoms with van der Waals surface area (Å²) in [5, 5.41) is 8.20. The largest absolute Gasteiger partial charge is 0.497 e. The average molecular weight is 309 g/mol. The second-order valence-electron chi connectivity index (χ2n) is 5.28. The van der Waals surface area contributed by atoms with Gasteiger partial charge in [0, 0.05) is 17.5 Å². The van der Waals surface area contributed by atoms with E-state index in [1.54, 1.807) is 13.3 Å². The number of rotatable bonds is 5. The molecule has 5 nitrogen and oxygen atoms in total. The van der Waals surface area contributed by atoms with Crippen LogP contribution in [0.5, 0.6) is 5.75 Å². The molecule has 2 aromatic carbocycles. The van der Waals surface area contributed by atoms with E-state index in [9.17, 15) is 4.79 Å². The molecule has 0 aliphatic heterocycles. The zero-order valence-electron chi connectivity index (χ0n) is 13.2. The quantitative estimate of drug-likeness (QED) is 0.788. The maximum absolute atomic E-state index is 11.9. The summed E-state index contributed by atoms with van der Waals surface area (Å²) in [7, 11) is 1.66. The van der Waals surface area contributed by atoms with Gasteiger partial charge in [-0.1, -0.05) is 12.1 Å². The second kappa shape index (κ2) is 6.52. The lowest BCUT2D eigenvalue weighted by Crippen LogP contribution is -2.22. The van der Waals surface area contributed by atoms with Crippen LogP contribution < -0.4 is 10.1 Å². The van der Waals surface area contributed by atoms with Crippen LogP contribution in [0.4, 0.5) is 0 Å². The van der Waals surface area contributed by atoms with Gasteiger partial charge in [-0.15, -0.1) is 0 Å². The molecule has 5 heteroatoms. The molecule has 1 N–H and O–H groups in total. The zero-order valence-corrected chi connectivity index (χ0v) is 13.2. The van der Waals surface area contributed by atoms with E-state index < -0.39 is 0 Å². The molecular weight excluding hydrogens is 290 g/mol. The maximum atomic E-state index is 11.9. The second-order valence-corrected chi connectivity index (χ2v) is 5.28. The fraction of sp³-hybridized carbons (Fsp3) is 0.222. The van der Waals surface area contributed by atoms with E-state index in [-0.39, 0.29) is 5.91 Å². The third-order valence-corrected chi connectivity index (χ3v) is 3.73. The van der Waals surface area contributed by atoms with Gasteiger partial charge in [0.05, 0.1) is 25.4 Å². The molecule has 118 valence electrons. The molecule has 0 aliphatic rings. The highest BCUT2D eigenvalue weighted by molar-refractivity contribution is 5.97. The van der Waals surface area contributed by atoms with Crippen molar-refractivity contribution in [2.24, 2.45) is 0 Å². The minimum atomic E-state index is -0.0581. The summed E-state index contributed by atoms with van der Waals surface area (Å²) in [4.78, 5) is 11.9. The predicted octanol–water partition coefficient (Wildman–Crippen LogP) is 2.84. The summed E-state index contributed by atoms with van der Waals surface area (Å²) >= 11 is 0. The van der Waals surface area contributed by atoms with Crippen LogP contribution >= 0.6 is 0 Å². The van der Waals surface area contributed by atoms with Gasteiger partial charge in [-0.25, -0.2) is 0 Å². The van der Waals surface area contributed by atoms with Crippen molar-refractivity contribution in [1.82, 2.24) is 15.1 Å². The van der Waals surface area contributed by atoms with E-state index in [1.165, 1.54) is 0 Å². The number of hydrogen-bond acceptors (Lipinski definition) is 3. The smallest absolute Gasteiger partial charge is 0.251 e. The predicted molar refractivity (Wildman–Crippen MR) is 89.8 cm³/mol. The van der Waals surface area contributed by atoms with E-state index in [2.05, 4.69) is 10.4 Å². The minimum Gasteiger partial charge on any atom is -0.497 e. The first-order valence-electron chi connectivity index (χ1n) is 7.58. The molecule has 0 saturated carbocycles. The highest BCUT2D eigenvalue weighted by Crippen LogP contribution is 2.18. The fourth-order valence-electron chi connectivity index (χ4n) is 2.52. The number of nitrogens with zero attached hydrogens (tertiary/aromatic N) is 2. The highest BCUT2D eigenvalue weighted by atomic mass is 16.5. The topological polar surface area (TPSA) is 56.2 Å². The third-order valence-electron chi connectivity index (χ3n) is 3.73. The van der Waals surface area contributed by atoms with Crippen LogP contribution in [0, 0.1) is 0 Å². The normalized spacial score (nSPS) is 10.7. The van der Waals surface area contributed by atoms with Crippen LogP contribution in [-0.4, -0.2) is 29.3 Å². The fourth-order valence-corrected chi connectivity index (χ4v) is 2.52. The van der Waals surface area contributed by atoms with Gasteiger partial charge in [0.25, 0.3) is 5.91 Å². The number of hydrogen-bond donors (Lipinski definition) is 1. The van der Waals surface area contributed by atoms with Crippen LogP contribution in [-0.2, 0) is 6.54 Å². The molecule has 0 unspecified atom stereocenters. The van der Waals surface area contributed by atoms with Crippen molar-refractivity contribution in [2.45, 2.75) is 13.5 Å². The molecule has 1 amide bonds. The molecule has 0 saturated heterocycles. The Labute approximate surface area is 134 Å². The van der Waals surface area contributed by atoms with Crippen LogP contribution in [0.3, 0.4) is 0 Å². The molecule has 0 spiro atoms. The first kappa shape index (κ1) is 15.1. The van der Waals surface area contributed by atoms with Crippen LogP contribution in [0.1, 0.15) is 22.8 Å². The van der Waals surface area contributed by atoms with Crippen molar-refractivity contribution in [3.63, 3.8) is 0 Å². The molecule has 0 aliphatic carbocycles. The van der Waals surface area contributed by atoms with Gasteiger partial charge in [0.15, 0.2) is 0 Å². The van der Waals surface area contributed by atoms with Gasteiger partial charge in [-0.2, -0.15) is 5.10 Å². The van der Waals surface area contributed by atoms with Crippen molar-refractivity contribution in [3.05, 3.63) is 59.8 Å². The lowest BCUT2D eigenvalue weighted by molar-refractivity contribution is 0.0956. The van der Waals surface area contributed by atoms with Crippen molar-refractivity contribution < 1.29 is 9.53 Å². The number of methoxy groups -OCH3 is 1. The Morgan fingerprint density at radius 1 is 1.22 bits per heavy atom. The minimum absolute atomic E-state index is 0.0581. The Bertz CT molecular complexity index is 822. The Balaban J connectivity index is 1.85. The number of fused-ring (bicyclic) bond motifs is 1. The summed E-state index contributed by atoms with van der Waals surface area (Å²) in [5.74, 6) is 0.781. The van der Waals surface area contributed by atoms with E-state index in [0.717, 1.165) is 22.2 Å². The number of benzene rings is 2. The zero-order chi connectivity index (χ0) is 16.2. The van der Waals surface area contributed by atoms with Gasteiger partial charge >= 0.3 is 0 Å². The van der Waals surface area contributed by atoms with Gasteiger partial charge in [-0.05, 0) is 42.8 Å². The van der Waals surface area contributed by atoms with Gasteiger partial charge in [-0.3, -0.25) is 9.48 Å². The van der Waals surface area contributed by atoms with E-state index in [1.807, 2.05) is 54.1 Å². The molecule has 3 aromatic rings. The molecule has 0 atom stereocenters. The van der Waals surface area contributed by atoms with Crippen molar-refractivity contribution in [3.8, 4) is 5.75 Å². The summed E-state index contributed by atoms with van der Waals surface area (Å²) < 4.78 is 7.10. The third kappa shape index (κ3) is 3.18. The lowest BCUT2D eigenvalue weighted by Gasteiger charge is -2.06. The number of ether oxygens (including phenoxy) is 1. The molecule has 0 bridgehead atoms. The average Bonchev–Trinajstić information content (AvgIpc) is 2.98. The summed E-state index contributed by atoms with van der Waals surface area (Å²) in [6.07, 6.45) is 1.79. The SMILES string of the molecule is CCNC(=O)c1ccc2c(cnn2Cc2ccc(OC)cc2)c1. The number of aromatic nitrogens is 2. The summed E-state index contributed by atoms with van der Waals surface area (Å²) in [6.45, 7) is 3.20. The first-order valence-corrected chi connectivity index (χ1v) is 7.58. The standard InChI is InChI=1S/C18H19N3O2/c1-3-19-18(22)14-6-9-17-15(10-14)11-20-21(17)12-13-4-7-16(23-2)8-5-13/h4-11H,3,12H2,1-2H3,(H,19,22). The molecule has 3 rings (SSSR count). The van der Waals surface area contributed by atoms with E-state index >= 15 is 0 Å². The number of amides is 1. The molecule has 1 aromatic heterocycles. The number of carbonyl (C=O) groups excluding carboxylic acids is 1. The highest BCUT2D eigenvalue weighted by Gasteiger charge is 2.08. The molecule has 0 fully saturated rings. The maximum Gasteiger partial charge on any atom is 0.251 e. The monoisotopic (exact) mass is 309 g/mol. The van der Waals surface area contributed by atoms with Crippen molar-refractivity contribution in [2.75, 3.05) is 13.7 Å². The Hall–Kier alpha value is -2.82. The van der Waals surface area contributed by atoms with Crippen molar-refractivity contribution in [1.29, 1.82) is 0 Å². The Morgan fingerprint density at radius 2 is 2.00 bits per heavy atom. The molecular formula is C18H19N3O2. The lowest BCUT2D eigenvalue weighted by atomic mass is 10.1. The van der Waals surface area contributed by atoms with E-state index in [0.29, 0.717) is 18.7 Å². The van der Waals surface area contributed by atoms with Crippen molar-refractivity contribution >= 4 is 16.8 Å². The molecule has 0 radical (unpaired) electrons. The first-order chi connectivity index (χ1) is 11.2. The Kier molecular flexibility index (Phi) is 4.28. The van der Waals surface area contributed by atoms with Gasteiger partial charge in [0.2, 0.25) is 0 Å². The summed E-state index contributed by atoms with van der Waals surface area (Å²) in [5.41, 5.74) is 2.81. The molecule has 23 heavy (non-hydrogen) atoms. The number of nitrogens with one attached hydrogen (secondary N) is 1. The van der Waals surface area contributed by atoms with Crippen LogP contribution in [0.15, 0.2) is 48.7 Å². The Morgan fingerprint density at radius 3 is 2.70 bits per heavy atom. The molecule has 1 heterocycles. The van der Waals surface area contributed by atoms with E-state index in [4.69, 9.17) is 4.74 Å². The van der Waals surface area contributed by atoms with Gasteiger partial charge < -0.3 is 10.1 Å². The number of carbonyl (C=O) groups is 1.